The van der Waals surface area contributed by atoms with Gasteiger partial charge in [-0.05, 0) is 43.2 Å². The van der Waals surface area contributed by atoms with E-state index >= 15 is 0 Å². The number of aryl methyl sites for hydroxylation is 1. The Morgan fingerprint density at radius 3 is 2.64 bits per heavy atom. The molecule has 1 aromatic rings. The smallest absolute Gasteiger partial charge is 0.248 e. The molecule has 8 atom stereocenters. The van der Waals surface area contributed by atoms with E-state index in [1.807, 2.05) is 39.8 Å². The Balaban J connectivity index is 1.81. The highest BCUT2D eigenvalue weighted by Gasteiger charge is 2.76. The fourth-order valence-electron chi connectivity index (χ4n) is 6.58. The molecule has 1 aromatic carbocycles. The van der Waals surface area contributed by atoms with Crippen molar-refractivity contribution >= 4 is 46.8 Å². The number of aliphatic hydroxyl groups excluding tert-OH is 1. The number of thioether (sulfide) groups is 1. The van der Waals surface area contributed by atoms with Gasteiger partial charge in [0, 0.05) is 11.8 Å². The van der Waals surface area contributed by atoms with Gasteiger partial charge in [0.15, 0.2) is 0 Å². The Morgan fingerprint density at radius 1 is 1.31 bits per heavy atom. The zero-order valence-corrected chi connectivity index (χ0v) is 23.3. The molecule has 3 saturated heterocycles. The molecule has 4 rings (SSSR count). The number of amides is 3. The molecule has 0 saturated carbocycles. The third-order valence-electron chi connectivity index (χ3n) is 8.60. The number of nitrogens with one attached hydrogen (secondary N) is 2. The minimum absolute atomic E-state index is 0.0125. The van der Waals surface area contributed by atoms with E-state index in [1.54, 1.807) is 22.7 Å². The first-order valence-electron chi connectivity index (χ1n) is 13.1. The van der Waals surface area contributed by atoms with Crippen LogP contribution in [0.4, 0.5) is 5.69 Å². The lowest BCUT2D eigenvalue weighted by atomic mass is 9.66. The average molecular weight is 536 g/mol. The van der Waals surface area contributed by atoms with E-state index in [0.29, 0.717) is 17.3 Å². The number of anilines is 1. The molecule has 9 heteroatoms. The summed E-state index contributed by atoms with van der Waals surface area (Å²) in [5, 5.41) is 16.9. The summed E-state index contributed by atoms with van der Waals surface area (Å²) in [5.74, 6) is -1.65. The van der Waals surface area contributed by atoms with Crippen molar-refractivity contribution in [3.8, 4) is 0 Å². The van der Waals surface area contributed by atoms with Gasteiger partial charge in [-0.1, -0.05) is 57.8 Å². The van der Waals surface area contributed by atoms with Crippen molar-refractivity contribution in [1.82, 2.24) is 10.2 Å². The highest BCUT2D eigenvalue weighted by Crippen LogP contribution is 2.69. The molecule has 3 heterocycles. The van der Waals surface area contributed by atoms with E-state index in [9.17, 15) is 19.5 Å². The maximum atomic E-state index is 14.2. The Kier molecular flexibility index (Phi) is 7.98. The predicted octanol–water partition coefficient (Wildman–Crippen LogP) is 3.86. The number of halogens is 1. The first-order chi connectivity index (χ1) is 17.1. The van der Waals surface area contributed by atoms with Crippen LogP contribution in [0, 0.1) is 30.6 Å². The summed E-state index contributed by atoms with van der Waals surface area (Å²) in [7, 11) is 0. The van der Waals surface area contributed by atoms with Crippen molar-refractivity contribution in [2.75, 3.05) is 18.5 Å². The minimum Gasteiger partial charge on any atom is -0.394 e. The molecular formula is C27H38ClN3O4S. The van der Waals surface area contributed by atoms with E-state index in [2.05, 4.69) is 17.6 Å². The monoisotopic (exact) mass is 535 g/mol. The molecule has 36 heavy (non-hydrogen) atoms. The number of hydrogen-bond acceptors (Lipinski definition) is 5. The predicted molar refractivity (Wildman–Crippen MR) is 144 cm³/mol. The third-order valence-corrected chi connectivity index (χ3v) is 11.0. The van der Waals surface area contributed by atoms with E-state index in [1.165, 1.54) is 0 Å². The molecule has 0 radical (unpaired) electrons. The highest BCUT2D eigenvalue weighted by atomic mass is 35.5. The quantitative estimate of drug-likeness (QED) is 0.446. The molecule has 3 amide bonds. The highest BCUT2D eigenvalue weighted by molar-refractivity contribution is 8.02. The van der Waals surface area contributed by atoms with Crippen LogP contribution in [-0.4, -0.2) is 63.0 Å². The maximum absolute atomic E-state index is 14.2. The van der Waals surface area contributed by atoms with Gasteiger partial charge >= 0.3 is 0 Å². The lowest BCUT2D eigenvalue weighted by Crippen LogP contribution is -2.58. The molecule has 3 unspecified atom stereocenters. The summed E-state index contributed by atoms with van der Waals surface area (Å²) >= 11 is 8.08. The summed E-state index contributed by atoms with van der Waals surface area (Å²) < 4.78 is -0.740. The van der Waals surface area contributed by atoms with Crippen LogP contribution in [0.3, 0.4) is 0 Å². The molecule has 3 aliphatic heterocycles. The topological polar surface area (TPSA) is 98.7 Å². The van der Waals surface area contributed by atoms with Crippen molar-refractivity contribution in [1.29, 1.82) is 0 Å². The fourth-order valence-corrected chi connectivity index (χ4v) is 9.26. The Hall–Kier alpha value is -1.77. The number of rotatable bonds is 9. The van der Waals surface area contributed by atoms with Crippen LogP contribution in [0.1, 0.15) is 52.5 Å². The SMILES string of the molecule is CCCNC(=O)[C@@H]1[C@H]2C(=O)N([C@@H](CO)[C@@H](C)CC)C(C(=O)Nc3c(C)cccc3Cl)C23S[C@@H]1CC3C. The van der Waals surface area contributed by atoms with Crippen molar-refractivity contribution in [2.24, 2.45) is 23.7 Å². The summed E-state index contributed by atoms with van der Waals surface area (Å²) in [4.78, 5) is 43.4. The number of carbonyl (C=O) groups excluding carboxylic acids is 3. The second-order valence-corrected chi connectivity index (χ2v) is 12.6. The van der Waals surface area contributed by atoms with Crippen LogP contribution >= 0.6 is 23.4 Å². The third kappa shape index (κ3) is 4.13. The number of benzene rings is 1. The van der Waals surface area contributed by atoms with Crippen LogP contribution in [0.15, 0.2) is 18.2 Å². The summed E-state index contributed by atoms with van der Waals surface area (Å²) in [6.07, 6.45) is 2.33. The summed E-state index contributed by atoms with van der Waals surface area (Å²) in [6, 6.07) is 4.10. The Labute approximate surface area is 223 Å². The molecular weight excluding hydrogens is 498 g/mol. The van der Waals surface area contributed by atoms with Gasteiger partial charge in [-0.3, -0.25) is 14.4 Å². The van der Waals surface area contributed by atoms with Gasteiger partial charge in [0.2, 0.25) is 17.7 Å². The molecule has 3 fully saturated rings. The lowest BCUT2D eigenvalue weighted by molar-refractivity contribution is -0.143. The molecule has 198 valence electrons. The molecule has 1 spiro atoms. The van der Waals surface area contributed by atoms with Crippen molar-refractivity contribution in [3.05, 3.63) is 28.8 Å². The maximum Gasteiger partial charge on any atom is 0.248 e. The number of hydrogen-bond donors (Lipinski definition) is 3. The largest absolute Gasteiger partial charge is 0.394 e. The van der Waals surface area contributed by atoms with Crippen LogP contribution in [0.25, 0.3) is 0 Å². The van der Waals surface area contributed by atoms with Gasteiger partial charge in [0.05, 0.1) is 39.9 Å². The van der Waals surface area contributed by atoms with Crippen molar-refractivity contribution in [2.45, 2.75) is 76.0 Å². The van der Waals surface area contributed by atoms with E-state index in [0.717, 1.165) is 24.8 Å². The average Bonchev–Trinajstić information content (AvgIpc) is 3.44. The number of aliphatic hydroxyl groups is 1. The molecule has 7 nitrogen and oxygen atoms in total. The summed E-state index contributed by atoms with van der Waals surface area (Å²) in [6.45, 7) is 10.3. The van der Waals surface area contributed by atoms with E-state index in [-0.39, 0.29) is 41.4 Å². The Bertz CT molecular complexity index is 1020. The Morgan fingerprint density at radius 2 is 2.03 bits per heavy atom. The molecule has 3 N–H and O–H groups in total. The number of para-hydroxylation sites is 1. The van der Waals surface area contributed by atoms with Crippen molar-refractivity contribution < 1.29 is 19.5 Å². The zero-order valence-electron chi connectivity index (χ0n) is 21.7. The van der Waals surface area contributed by atoms with Crippen LogP contribution < -0.4 is 10.6 Å². The molecule has 0 aromatic heterocycles. The second kappa shape index (κ2) is 10.5. The number of carbonyl (C=O) groups is 3. The fraction of sp³-hybridized carbons (Fsp3) is 0.667. The molecule has 2 bridgehead atoms. The molecule has 0 aliphatic carbocycles. The second-order valence-electron chi connectivity index (χ2n) is 10.6. The van der Waals surface area contributed by atoms with Gasteiger partial charge in [-0.2, -0.15) is 0 Å². The number of likely N-dealkylation sites (tertiary alicyclic amines) is 1. The van der Waals surface area contributed by atoms with Crippen LogP contribution in [0.2, 0.25) is 5.02 Å². The van der Waals surface area contributed by atoms with E-state index < -0.39 is 28.7 Å². The van der Waals surface area contributed by atoms with Gasteiger partial charge in [0.1, 0.15) is 6.04 Å². The minimum atomic E-state index is -0.814. The summed E-state index contributed by atoms with van der Waals surface area (Å²) in [5.41, 5.74) is 1.36. The molecule has 3 aliphatic rings. The van der Waals surface area contributed by atoms with Gasteiger partial charge in [-0.15, -0.1) is 11.8 Å². The first-order valence-corrected chi connectivity index (χ1v) is 14.3. The van der Waals surface area contributed by atoms with Crippen LogP contribution in [0.5, 0.6) is 0 Å². The first kappa shape index (κ1) is 27.3. The number of fused-ring (bicyclic) bond motifs is 1. The van der Waals surface area contributed by atoms with E-state index in [4.69, 9.17) is 11.6 Å². The number of nitrogens with zero attached hydrogens (tertiary/aromatic N) is 1. The van der Waals surface area contributed by atoms with Crippen LogP contribution in [-0.2, 0) is 14.4 Å². The van der Waals surface area contributed by atoms with Gasteiger partial charge in [0.25, 0.3) is 0 Å². The lowest BCUT2D eigenvalue weighted by Gasteiger charge is -2.41. The zero-order chi connectivity index (χ0) is 26.4. The van der Waals surface area contributed by atoms with Crippen molar-refractivity contribution in [3.63, 3.8) is 0 Å². The standard InChI is InChI=1S/C27H38ClN3O4S/c1-6-11-29-24(33)20-19-12-16(5)27(36-19)21(20)26(35)31(18(13-32)14(3)7-2)23(27)25(34)30-22-15(4)9-8-10-17(22)28/h8-10,14,16,18-21,23,32H,6-7,11-13H2,1-5H3,(H,29,33)(H,30,34)/t14-,16?,18-,19+,20-,21-,23?,27?/m0/s1. The van der Waals surface area contributed by atoms with Gasteiger partial charge in [-0.25, -0.2) is 0 Å². The normalized spacial score (nSPS) is 32.4. The van der Waals surface area contributed by atoms with Gasteiger partial charge < -0.3 is 20.6 Å².